The first-order valence-corrected chi connectivity index (χ1v) is 10.4. The molecule has 10 nitrogen and oxygen atoms in total. The first-order valence-electron chi connectivity index (χ1n) is 10.4. The van der Waals surface area contributed by atoms with E-state index in [2.05, 4.69) is 36.5 Å². The highest BCUT2D eigenvalue weighted by atomic mass is 16.5. The van der Waals surface area contributed by atoms with Crippen molar-refractivity contribution >= 4 is 11.8 Å². The number of pyridine rings is 2. The molecule has 0 aromatic carbocycles. The summed E-state index contributed by atoms with van der Waals surface area (Å²) in [6.45, 7) is 0.486. The second kappa shape index (κ2) is 8.31. The van der Waals surface area contributed by atoms with Crippen molar-refractivity contribution in [2.24, 2.45) is 0 Å². The van der Waals surface area contributed by atoms with E-state index < -0.39 is 0 Å². The third kappa shape index (κ3) is 3.65. The molecule has 1 saturated carbocycles. The van der Waals surface area contributed by atoms with Gasteiger partial charge in [0.15, 0.2) is 5.82 Å². The predicted octanol–water partition coefficient (Wildman–Crippen LogP) is 2.44. The van der Waals surface area contributed by atoms with Crippen LogP contribution in [0.1, 0.15) is 30.7 Å². The van der Waals surface area contributed by atoms with Gasteiger partial charge in [-0.3, -0.25) is 4.98 Å². The molecule has 4 aromatic heterocycles. The summed E-state index contributed by atoms with van der Waals surface area (Å²) in [5.41, 5.74) is 8.64. The van der Waals surface area contributed by atoms with Crippen molar-refractivity contribution < 1.29 is 9.63 Å². The molecule has 4 aromatic rings. The number of aromatic nitrogens is 6. The molecule has 0 spiro atoms. The van der Waals surface area contributed by atoms with Gasteiger partial charge in [0.1, 0.15) is 5.82 Å². The summed E-state index contributed by atoms with van der Waals surface area (Å²) in [5.74, 6) is 2.00. The van der Waals surface area contributed by atoms with Gasteiger partial charge in [0.05, 0.1) is 23.3 Å². The number of aliphatic hydroxyl groups excluding tert-OH is 1. The zero-order valence-corrected chi connectivity index (χ0v) is 17.3. The molecule has 1 aliphatic carbocycles. The van der Waals surface area contributed by atoms with E-state index in [1.165, 1.54) is 0 Å². The van der Waals surface area contributed by atoms with Crippen LogP contribution in [0.15, 0.2) is 53.6 Å². The topological polar surface area (TPSA) is 149 Å². The molecule has 0 atom stereocenters. The molecule has 5 rings (SSSR count). The van der Waals surface area contributed by atoms with E-state index >= 15 is 0 Å². The minimum absolute atomic E-state index is 0.0438. The highest BCUT2D eigenvalue weighted by molar-refractivity contribution is 5.58. The molecule has 1 fully saturated rings. The molecule has 0 amide bonds. The summed E-state index contributed by atoms with van der Waals surface area (Å²) in [6.07, 6.45) is 9.81. The van der Waals surface area contributed by atoms with E-state index in [0.717, 1.165) is 41.6 Å². The van der Waals surface area contributed by atoms with Gasteiger partial charge in [-0.05, 0) is 36.6 Å². The van der Waals surface area contributed by atoms with E-state index in [-0.39, 0.29) is 18.0 Å². The van der Waals surface area contributed by atoms with Crippen LogP contribution in [0, 0.1) is 0 Å². The number of nitrogens with two attached hydrogens (primary N) is 1. The molecule has 0 unspecified atom stereocenters. The number of rotatable bonds is 7. The van der Waals surface area contributed by atoms with Crippen molar-refractivity contribution in [1.82, 2.24) is 30.1 Å². The Morgan fingerprint density at radius 2 is 1.78 bits per heavy atom. The molecule has 4 heterocycles. The van der Waals surface area contributed by atoms with E-state index in [9.17, 15) is 0 Å². The fourth-order valence-corrected chi connectivity index (χ4v) is 3.83. The smallest absolute Gasteiger partial charge is 0.259 e. The molecule has 0 saturated heterocycles. The third-order valence-corrected chi connectivity index (χ3v) is 5.77. The molecule has 32 heavy (non-hydrogen) atoms. The second-order valence-electron chi connectivity index (χ2n) is 7.70. The normalized spacial score (nSPS) is 14.7. The van der Waals surface area contributed by atoms with Gasteiger partial charge < -0.3 is 20.7 Å². The number of hydrogen-bond donors (Lipinski definition) is 3. The van der Waals surface area contributed by atoms with Gasteiger partial charge in [-0.15, -0.1) is 0 Å². The number of hydrogen-bond acceptors (Lipinski definition) is 10. The van der Waals surface area contributed by atoms with Crippen molar-refractivity contribution in [2.45, 2.75) is 24.7 Å². The van der Waals surface area contributed by atoms with Gasteiger partial charge in [0, 0.05) is 36.9 Å². The zero-order valence-electron chi connectivity index (χ0n) is 17.3. The van der Waals surface area contributed by atoms with Crippen LogP contribution in [0.3, 0.4) is 0 Å². The monoisotopic (exact) mass is 430 g/mol. The molecular formula is C22H22N8O2. The maximum atomic E-state index is 8.91. The first-order chi connectivity index (χ1) is 15.7. The Hall–Kier alpha value is -3.92. The van der Waals surface area contributed by atoms with Crippen LogP contribution >= 0.6 is 0 Å². The number of nitrogens with one attached hydrogen (secondary N) is 1. The highest BCUT2D eigenvalue weighted by Gasteiger charge is 2.44. The van der Waals surface area contributed by atoms with Crippen molar-refractivity contribution in [3.05, 3.63) is 60.4 Å². The van der Waals surface area contributed by atoms with Crippen LogP contribution < -0.4 is 11.1 Å². The fraction of sp³-hybridized carbons (Fsp3) is 0.273. The van der Waals surface area contributed by atoms with Gasteiger partial charge in [-0.1, -0.05) is 17.6 Å². The molecule has 4 N–H and O–H groups in total. The van der Waals surface area contributed by atoms with Crippen LogP contribution in [0.2, 0.25) is 0 Å². The SMILES string of the molecule is Nc1ncc(-c2ccc(C3(c4noc(-c5ccc(NCCO)nc5)n4)CCC3)cn2)cn1. The lowest BCUT2D eigenvalue weighted by Gasteiger charge is -2.39. The Morgan fingerprint density at radius 1 is 0.969 bits per heavy atom. The second-order valence-corrected chi connectivity index (χ2v) is 7.70. The summed E-state index contributed by atoms with van der Waals surface area (Å²) in [7, 11) is 0. The number of nitrogen functional groups attached to an aromatic ring is 1. The average Bonchev–Trinajstić information content (AvgIpc) is 3.29. The van der Waals surface area contributed by atoms with Crippen LogP contribution in [0.5, 0.6) is 0 Å². The molecule has 0 bridgehead atoms. The lowest BCUT2D eigenvalue weighted by molar-refractivity contribution is 0.272. The van der Waals surface area contributed by atoms with Crippen LogP contribution in [0.4, 0.5) is 11.8 Å². The third-order valence-electron chi connectivity index (χ3n) is 5.77. The van der Waals surface area contributed by atoms with Gasteiger partial charge >= 0.3 is 0 Å². The van der Waals surface area contributed by atoms with E-state index in [1.807, 2.05) is 24.4 Å². The molecular weight excluding hydrogens is 408 g/mol. The summed E-state index contributed by atoms with van der Waals surface area (Å²) in [6, 6.07) is 7.68. The standard InChI is InChI=1S/C22H22N8O2/c23-21-27-11-15(12-28-21)17-4-3-16(13-25-17)22(6-1-7-22)20-29-19(32-30-20)14-2-5-18(26-10-14)24-8-9-31/h2-5,10-13,31H,1,6-9H2,(H,24,26)(H2,23,27,28). The summed E-state index contributed by atoms with van der Waals surface area (Å²) < 4.78 is 5.57. The van der Waals surface area contributed by atoms with E-state index in [4.69, 9.17) is 20.3 Å². The summed E-state index contributed by atoms with van der Waals surface area (Å²) in [4.78, 5) is 21.7. The van der Waals surface area contributed by atoms with Gasteiger partial charge in [0.25, 0.3) is 5.89 Å². The summed E-state index contributed by atoms with van der Waals surface area (Å²) >= 11 is 0. The lowest BCUT2D eigenvalue weighted by atomic mass is 9.64. The highest BCUT2D eigenvalue weighted by Crippen LogP contribution is 2.48. The Balaban J connectivity index is 1.39. The van der Waals surface area contributed by atoms with E-state index in [1.54, 1.807) is 18.6 Å². The molecule has 0 aliphatic heterocycles. The Kier molecular flexibility index (Phi) is 5.20. The fourth-order valence-electron chi connectivity index (χ4n) is 3.83. The number of aliphatic hydroxyl groups is 1. The minimum atomic E-state index is -0.305. The molecule has 0 radical (unpaired) electrons. The summed E-state index contributed by atoms with van der Waals surface area (Å²) in [5, 5.41) is 16.2. The maximum Gasteiger partial charge on any atom is 0.259 e. The van der Waals surface area contributed by atoms with Crippen molar-refractivity contribution in [1.29, 1.82) is 0 Å². The van der Waals surface area contributed by atoms with Crippen molar-refractivity contribution in [3.8, 4) is 22.7 Å². The van der Waals surface area contributed by atoms with Gasteiger partial charge in [-0.25, -0.2) is 15.0 Å². The van der Waals surface area contributed by atoms with Gasteiger partial charge in [-0.2, -0.15) is 4.98 Å². The largest absolute Gasteiger partial charge is 0.395 e. The van der Waals surface area contributed by atoms with Crippen molar-refractivity contribution in [2.75, 3.05) is 24.2 Å². The minimum Gasteiger partial charge on any atom is -0.395 e. The molecule has 10 heteroatoms. The Labute approximate surface area is 184 Å². The van der Waals surface area contributed by atoms with Crippen molar-refractivity contribution in [3.63, 3.8) is 0 Å². The molecule has 162 valence electrons. The quantitative estimate of drug-likeness (QED) is 0.399. The number of nitrogens with zero attached hydrogens (tertiary/aromatic N) is 6. The molecule has 1 aliphatic rings. The Bertz CT molecular complexity index is 1190. The van der Waals surface area contributed by atoms with E-state index in [0.29, 0.717) is 24.1 Å². The first kappa shape index (κ1) is 20.0. The lowest BCUT2D eigenvalue weighted by Crippen LogP contribution is -2.36. The van der Waals surface area contributed by atoms with Crippen LogP contribution in [0.25, 0.3) is 22.7 Å². The van der Waals surface area contributed by atoms with Crippen LogP contribution in [-0.4, -0.2) is 48.3 Å². The zero-order chi connectivity index (χ0) is 22.0. The maximum absolute atomic E-state index is 8.91. The average molecular weight is 430 g/mol. The number of anilines is 2. The van der Waals surface area contributed by atoms with Gasteiger partial charge in [0.2, 0.25) is 5.95 Å². The predicted molar refractivity (Wildman–Crippen MR) is 117 cm³/mol. The van der Waals surface area contributed by atoms with Crippen LogP contribution in [-0.2, 0) is 5.41 Å². The Morgan fingerprint density at radius 3 is 2.41 bits per heavy atom.